The van der Waals surface area contributed by atoms with Gasteiger partial charge in [0.1, 0.15) is 0 Å². The van der Waals surface area contributed by atoms with Crippen LogP contribution in [0.4, 0.5) is 0 Å². The first-order valence-electron chi connectivity index (χ1n) is 3.06. The first kappa shape index (κ1) is 8.25. The average molecular weight is 137 g/mol. The van der Waals surface area contributed by atoms with Crippen LogP contribution in [-0.4, -0.2) is 17.1 Å². The second-order valence-corrected chi connectivity index (χ2v) is 2.54. The number of hydrogen-bond donors (Lipinski definition) is 1. The normalized spacial score (nSPS) is 13.9. The molecule has 0 saturated heterocycles. The van der Waals surface area contributed by atoms with Gasteiger partial charge in [-0.2, -0.15) is 0 Å². The summed E-state index contributed by atoms with van der Waals surface area (Å²) in [5.41, 5.74) is 0. The van der Waals surface area contributed by atoms with E-state index in [2.05, 4.69) is 6.92 Å². The molecule has 0 aliphatic rings. The van der Waals surface area contributed by atoms with Crippen molar-refractivity contribution in [2.24, 2.45) is 0 Å². The average Bonchev–Trinajstić information content (AvgIpc) is 1.83. The highest BCUT2D eigenvalue weighted by molar-refractivity contribution is 6.20. The second-order valence-electron chi connectivity index (χ2n) is 1.92. The van der Waals surface area contributed by atoms with Crippen molar-refractivity contribution in [1.29, 1.82) is 0 Å². The Morgan fingerprint density at radius 3 is 2.62 bits per heavy atom. The summed E-state index contributed by atoms with van der Waals surface area (Å²) in [6.45, 7) is 2.22. The summed E-state index contributed by atoms with van der Waals surface area (Å²) in [4.78, 5) is 0. The monoisotopic (exact) mass is 136 g/mol. The summed E-state index contributed by atoms with van der Waals surface area (Å²) in [6, 6.07) is 0. The number of hydrogen-bond acceptors (Lipinski definition) is 1. The van der Waals surface area contributed by atoms with Crippen LogP contribution in [0.5, 0.6) is 0 Å². The van der Waals surface area contributed by atoms with Gasteiger partial charge < -0.3 is 5.11 Å². The number of rotatable bonds is 4. The Labute approximate surface area is 55.7 Å². The van der Waals surface area contributed by atoms with Crippen LogP contribution in [0.1, 0.15) is 26.2 Å². The van der Waals surface area contributed by atoms with Gasteiger partial charge in [-0.1, -0.05) is 19.8 Å². The summed E-state index contributed by atoms with van der Waals surface area (Å²) >= 11 is 5.59. The molecule has 0 amide bonds. The minimum absolute atomic E-state index is 0.0186. The number of aliphatic hydroxyl groups is 1. The molecule has 0 aliphatic heterocycles. The van der Waals surface area contributed by atoms with E-state index in [1.165, 1.54) is 0 Å². The highest BCUT2D eigenvalue weighted by atomic mass is 35.5. The smallest absolute Gasteiger partial charge is 0.0595 e. The van der Waals surface area contributed by atoms with Crippen LogP contribution in [0.2, 0.25) is 0 Å². The first-order chi connectivity index (χ1) is 3.81. The number of alkyl halides is 1. The molecule has 2 heteroatoms. The van der Waals surface area contributed by atoms with E-state index in [0.717, 1.165) is 19.3 Å². The third kappa shape index (κ3) is 4.41. The van der Waals surface area contributed by atoms with Gasteiger partial charge in [0.15, 0.2) is 0 Å². The van der Waals surface area contributed by atoms with Crippen LogP contribution < -0.4 is 0 Å². The molecule has 0 saturated carbocycles. The Morgan fingerprint density at radius 2 is 2.25 bits per heavy atom. The predicted octanol–water partition coefficient (Wildman–Crippen LogP) is 1.78. The Hall–Kier alpha value is 0.250. The largest absolute Gasteiger partial charge is 0.395 e. The van der Waals surface area contributed by atoms with Gasteiger partial charge in [-0.05, 0) is 6.42 Å². The topological polar surface area (TPSA) is 20.2 Å². The molecule has 0 aromatic rings. The lowest BCUT2D eigenvalue weighted by Gasteiger charge is -2.01. The molecule has 0 rings (SSSR count). The zero-order chi connectivity index (χ0) is 6.41. The quantitative estimate of drug-likeness (QED) is 0.585. The maximum absolute atomic E-state index is 8.43. The van der Waals surface area contributed by atoms with Crippen molar-refractivity contribution in [3.05, 3.63) is 0 Å². The van der Waals surface area contributed by atoms with E-state index >= 15 is 0 Å². The number of unbranched alkanes of at least 4 members (excludes halogenated alkanes) is 1. The van der Waals surface area contributed by atoms with Gasteiger partial charge in [-0.15, -0.1) is 11.6 Å². The molecule has 0 heterocycles. The van der Waals surface area contributed by atoms with Crippen LogP contribution in [-0.2, 0) is 0 Å². The van der Waals surface area contributed by atoms with Crippen molar-refractivity contribution in [3.8, 4) is 0 Å². The van der Waals surface area contributed by atoms with E-state index in [4.69, 9.17) is 16.7 Å². The predicted molar refractivity (Wildman–Crippen MR) is 36.3 cm³/mol. The van der Waals surface area contributed by atoms with Crippen molar-refractivity contribution in [2.45, 2.75) is 31.6 Å². The summed E-state index contributed by atoms with van der Waals surface area (Å²) in [6.07, 6.45) is 3.21. The summed E-state index contributed by atoms with van der Waals surface area (Å²) in [5.74, 6) is 0. The van der Waals surface area contributed by atoms with Gasteiger partial charge in [-0.3, -0.25) is 0 Å². The van der Waals surface area contributed by atoms with Crippen molar-refractivity contribution in [2.75, 3.05) is 6.61 Å². The third-order valence-electron chi connectivity index (χ3n) is 1.07. The molecule has 0 spiro atoms. The Kier molecular flexibility index (Phi) is 5.56. The highest BCUT2D eigenvalue weighted by Crippen LogP contribution is 2.05. The minimum Gasteiger partial charge on any atom is -0.395 e. The molecule has 0 aromatic carbocycles. The number of aliphatic hydroxyl groups excluding tert-OH is 1. The van der Waals surface area contributed by atoms with Crippen molar-refractivity contribution in [3.63, 3.8) is 0 Å². The zero-order valence-electron chi connectivity index (χ0n) is 5.23. The standard InChI is InChI=1S/C6H13ClO/c1-2-3-4-6(7)5-8/h6,8H,2-5H2,1H3/t6-/m1/s1. The fourth-order valence-electron chi connectivity index (χ4n) is 0.517. The van der Waals surface area contributed by atoms with E-state index in [1.54, 1.807) is 0 Å². The highest BCUT2D eigenvalue weighted by Gasteiger charge is 1.98. The molecule has 1 nitrogen and oxygen atoms in total. The SMILES string of the molecule is CCCC[C@@H](Cl)CO. The molecule has 0 unspecified atom stereocenters. The maximum Gasteiger partial charge on any atom is 0.0595 e. The lowest BCUT2D eigenvalue weighted by molar-refractivity contribution is 0.286. The molecule has 0 radical (unpaired) electrons. The summed E-state index contributed by atoms with van der Waals surface area (Å²) in [7, 11) is 0. The summed E-state index contributed by atoms with van der Waals surface area (Å²) in [5, 5.41) is 8.41. The van der Waals surface area contributed by atoms with E-state index in [0.29, 0.717) is 0 Å². The zero-order valence-corrected chi connectivity index (χ0v) is 5.99. The van der Waals surface area contributed by atoms with Crippen LogP contribution in [0.15, 0.2) is 0 Å². The van der Waals surface area contributed by atoms with Gasteiger partial charge >= 0.3 is 0 Å². The Bertz CT molecular complexity index is 47.8. The van der Waals surface area contributed by atoms with Crippen LogP contribution in [0, 0.1) is 0 Å². The molecular formula is C6H13ClO. The maximum atomic E-state index is 8.43. The number of halogens is 1. The van der Waals surface area contributed by atoms with Gasteiger partial charge in [-0.25, -0.2) is 0 Å². The fraction of sp³-hybridized carbons (Fsp3) is 1.00. The van der Waals surface area contributed by atoms with E-state index in [1.807, 2.05) is 0 Å². The minimum atomic E-state index is -0.0186. The van der Waals surface area contributed by atoms with Crippen LogP contribution >= 0.6 is 11.6 Å². The van der Waals surface area contributed by atoms with E-state index < -0.39 is 0 Å². The van der Waals surface area contributed by atoms with Crippen molar-refractivity contribution >= 4 is 11.6 Å². The molecule has 1 N–H and O–H groups in total. The molecular weight excluding hydrogens is 124 g/mol. The van der Waals surface area contributed by atoms with Gasteiger partial charge in [0, 0.05) is 0 Å². The van der Waals surface area contributed by atoms with Gasteiger partial charge in [0.2, 0.25) is 0 Å². The van der Waals surface area contributed by atoms with Crippen LogP contribution in [0.25, 0.3) is 0 Å². The Balaban J connectivity index is 2.86. The summed E-state index contributed by atoms with van der Waals surface area (Å²) < 4.78 is 0. The first-order valence-corrected chi connectivity index (χ1v) is 3.49. The lowest BCUT2D eigenvalue weighted by Crippen LogP contribution is -2.02. The third-order valence-corrected chi connectivity index (χ3v) is 1.43. The molecule has 8 heavy (non-hydrogen) atoms. The van der Waals surface area contributed by atoms with Crippen molar-refractivity contribution < 1.29 is 5.11 Å². The van der Waals surface area contributed by atoms with Crippen LogP contribution in [0.3, 0.4) is 0 Å². The van der Waals surface area contributed by atoms with Gasteiger partial charge in [0.05, 0.1) is 12.0 Å². The second kappa shape index (κ2) is 5.39. The molecule has 0 fully saturated rings. The van der Waals surface area contributed by atoms with E-state index in [-0.39, 0.29) is 12.0 Å². The molecule has 1 atom stereocenters. The molecule has 50 valence electrons. The molecule has 0 aliphatic carbocycles. The van der Waals surface area contributed by atoms with E-state index in [9.17, 15) is 0 Å². The van der Waals surface area contributed by atoms with Crippen molar-refractivity contribution in [1.82, 2.24) is 0 Å². The Morgan fingerprint density at radius 1 is 1.62 bits per heavy atom. The van der Waals surface area contributed by atoms with Gasteiger partial charge in [0.25, 0.3) is 0 Å². The molecule has 0 aromatic heterocycles. The molecule has 0 bridgehead atoms. The lowest BCUT2D eigenvalue weighted by atomic mass is 10.2. The fourth-order valence-corrected chi connectivity index (χ4v) is 0.671.